The van der Waals surface area contributed by atoms with Crippen molar-refractivity contribution in [2.75, 3.05) is 0 Å². The number of aliphatic imine (C=N–C) groups is 1. The average molecular weight is 546 g/mol. The Kier molecular flexibility index (Phi) is 15.7. The van der Waals surface area contributed by atoms with Crippen LogP contribution in [0.25, 0.3) is 5.57 Å². The van der Waals surface area contributed by atoms with Crippen molar-refractivity contribution in [1.29, 1.82) is 0 Å². The van der Waals surface area contributed by atoms with Gasteiger partial charge < -0.3 is 0 Å². The second-order valence-electron chi connectivity index (χ2n) is 9.37. The molecule has 0 heterocycles. The van der Waals surface area contributed by atoms with Gasteiger partial charge in [0.15, 0.2) is 0 Å². The molecular weight excluding hydrogens is 503 g/mol. The molecular formula is C33H43ClF3N. The molecule has 0 spiro atoms. The summed E-state index contributed by atoms with van der Waals surface area (Å²) in [6.07, 6.45) is 10.2. The van der Waals surface area contributed by atoms with Crippen LogP contribution in [-0.2, 0) is 6.42 Å². The van der Waals surface area contributed by atoms with Crippen molar-refractivity contribution in [3.05, 3.63) is 99.0 Å². The van der Waals surface area contributed by atoms with E-state index in [1.165, 1.54) is 18.4 Å². The fourth-order valence-electron chi connectivity index (χ4n) is 4.15. The zero-order valence-corrected chi connectivity index (χ0v) is 24.7. The zero-order chi connectivity index (χ0) is 28.7. The third kappa shape index (κ3) is 10.6. The molecule has 5 heteroatoms. The standard InChI is InChI=1S/C24H29ClF2.C9H14FN/c1-5-7-11-19(16(3)17(4)20-12-8-9-13-23(20)26)21-15-22(25)24(27)14-18(21)10-6-2;1-4-6-8(3)11-7-9(10)5-2/h8-9,12-15,17H,5-7,10-11H2,1-4H3;5-7H,4H2,1-3H3/b19-16+;8-6+,9-5+,11-7+. The molecule has 0 aromatic heterocycles. The lowest BCUT2D eigenvalue weighted by Gasteiger charge is -2.22. The van der Waals surface area contributed by atoms with Crippen LogP contribution in [-0.4, -0.2) is 6.21 Å². The van der Waals surface area contributed by atoms with E-state index in [9.17, 15) is 13.2 Å². The number of halogens is 4. The van der Waals surface area contributed by atoms with Crippen molar-refractivity contribution in [1.82, 2.24) is 0 Å². The van der Waals surface area contributed by atoms with Gasteiger partial charge in [-0.1, -0.05) is 88.1 Å². The number of benzene rings is 2. The average Bonchev–Trinajstić information content (AvgIpc) is 2.90. The lowest BCUT2D eigenvalue weighted by Crippen LogP contribution is -2.04. The third-order valence-electron chi connectivity index (χ3n) is 6.43. The smallest absolute Gasteiger partial charge is 0.142 e. The maximum atomic E-state index is 14.3. The Morgan fingerprint density at radius 1 is 1.03 bits per heavy atom. The zero-order valence-electron chi connectivity index (χ0n) is 24.0. The molecule has 0 radical (unpaired) electrons. The lowest BCUT2D eigenvalue weighted by atomic mass is 9.84. The van der Waals surface area contributed by atoms with Crippen LogP contribution >= 0.6 is 11.6 Å². The summed E-state index contributed by atoms with van der Waals surface area (Å²) in [6, 6.07) is 10.2. The summed E-state index contributed by atoms with van der Waals surface area (Å²) < 4.78 is 40.8. The highest BCUT2D eigenvalue weighted by atomic mass is 35.5. The number of nitrogens with zero attached hydrogens (tertiary/aromatic N) is 1. The SMILES string of the molecule is CCCC/C(=C(/C)C(C)c1ccccc1F)c1cc(Cl)c(F)cc1CCC.C\C=C(F)/C=N/C(C)=C/CC. The molecule has 0 aliphatic carbocycles. The fraction of sp³-hybridized carbons (Fsp3) is 0.424. The summed E-state index contributed by atoms with van der Waals surface area (Å²) in [5.41, 5.74) is 5.81. The molecule has 1 nitrogen and oxygen atoms in total. The fourth-order valence-corrected chi connectivity index (χ4v) is 4.31. The number of allylic oxidation sites excluding steroid dienone is 6. The highest BCUT2D eigenvalue weighted by Crippen LogP contribution is 2.37. The first-order valence-electron chi connectivity index (χ1n) is 13.6. The molecule has 0 saturated carbocycles. The second kappa shape index (κ2) is 17.8. The van der Waals surface area contributed by atoms with E-state index in [0.29, 0.717) is 5.56 Å². The van der Waals surface area contributed by atoms with Gasteiger partial charge in [-0.15, -0.1) is 0 Å². The van der Waals surface area contributed by atoms with Crippen LogP contribution < -0.4 is 0 Å². The summed E-state index contributed by atoms with van der Waals surface area (Å²) in [7, 11) is 0. The van der Waals surface area contributed by atoms with Crippen LogP contribution in [0.15, 0.2) is 70.6 Å². The van der Waals surface area contributed by atoms with Crippen molar-refractivity contribution in [2.45, 2.75) is 92.9 Å². The van der Waals surface area contributed by atoms with Crippen LogP contribution in [0, 0.1) is 11.6 Å². The maximum absolute atomic E-state index is 14.3. The molecule has 2 aromatic carbocycles. The minimum atomic E-state index is -0.376. The number of rotatable bonds is 11. The normalized spacial score (nSPS) is 13.8. The molecule has 0 saturated heterocycles. The van der Waals surface area contributed by atoms with E-state index in [1.807, 2.05) is 39.0 Å². The van der Waals surface area contributed by atoms with Crippen molar-refractivity contribution < 1.29 is 13.2 Å². The molecule has 38 heavy (non-hydrogen) atoms. The molecule has 1 atom stereocenters. The number of hydrogen-bond acceptors (Lipinski definition) is 1. The van der Waals surface area contributed by atoms with Gasteiger partial charge in [0.05, 0.1) is 11.2 Å². The molecule has 2 rings (SSSR count). The van der Waals surface area contributed by atoms with Crippen LogP contribution in [0.2, 0.25) is 5.02 Å². The van der Waals surface area contributed by atoms with E-state index in [-0.39, 0.29) is 28.4 Å². The van der Waals surface area contributed by atoms with Crippen molar-refractivity contribution in [3.63, 3.8) is 0 Å². The third-order valence-corrected chi connectivity index (χ3v) is 6.72. The summed E-state index contributed by atoms with van der Waals surface area (Å²) in [6.45, 7) is 13.8. The van der Waals surface area contributed by atoms with E-state index in [4.69, 9.17) is 11.6 Å². The van der Waals surface area contributed by atoms with Crippen molar-refractivity contribution in [2.24, 2.45) is 4.99 Å². The van der Waals surface area contributed by atoms with Gasteiger partial charge in [-0.05, 0) is 86.9 Å². The highest BCUT2D eigenvalue weighted by molar-refractivity contribution is 6.31. The van der Waals surface area contributed by atoms with E-state index in [1.54, 1.807) is 25.1 Å². The number of aryl methyl sites for hydroxylation is 1. The topological polar surface area (TPSA) is 12.4 Å². The summed E-state index contributed by atoms with van der Waals surface area (Å²) in [5, 5.41) is 0.144. The second-order valence-corrected chi connectivity index (χ2v) is 9.77. The Hall–Kier alpha value is -2.59. The summed E-state index contributed by atoms with van der Waals surface area (Å²) in [4.78, 5) is 3.88. The summed E-state index contributed by atoms with van der Waals surface area (Å²) in [5.74, 6) is -0.922. The van der Waals surface area contributed by atoms with Crippen molar-refractivity contribution in [3.8, 4) is 0 Å². The molecule has 2 aromatic rings. The van der Waals surface area contributed by atoms with Gasteiger partial charge in [-0.3, -0.25) is 4.99 Å². The molecule has 0 amide bonds. The predicted molar refractivity (Wildman–Crippen MR) is 160 cm³/mol. The largest absolute Gasteiger partial charge is 0.259 e. The maximum Gasteiger partial charge on any atom is 0.142 e. The van der Waals surface area contributed by atoms with Gasteiger partial charge in [-0.25, -0.2) is 13.2 Å². The number of unbranched alkanes of at least 4 members (excludes halogenated alkanes) is 1. The van der Waals surface area contributed by atoms with Gasteiger partial charge in [0.2, 0.25) is 0 Å². The van der Waals surface area contributed by atoms with Gasteiger partial charge in [0.1, 0.15) is 17.5 Å². The van der Waals surface area contributed by atoms with Gasteiger partial charge in [-0.2, -0.15) is 0 Å². The minimum absolute atomic E-state index is 0.0589. The Balaban J connectivity index is 0.000000554. The first-order valence-corrected chi connectivity index (χ1v) is 13.9. The highest BCUT2D eigenvalue weighted by Gasteiger charge is 2.19. The van der Waals surface area contributed by atoms with E-state index >= 15 is 0 Å². The van der Waals surface area contributed by atoms with Crippen LogP contribution in [0.1, 0.15) is 103 Å². The quantitative estimate of drug-likeness (QED) is 0.249. The molecule has 0 bridgehead atoms. The molecule has 0 aliphatic rings. The minimum Gasteiger partial charge on any atom is -0.259 e. The predicted octanol–water partition coefficient (Wildman–Crippen LogP) is 11.6. The van der Waals surface area contributed by atoms with Crippen LogP contribution in [0.5, 0.6) is 0 Å². The lowest BCUT2D eigenvalue weighted by molar-refractivity contribution is 0.601. The Labute approximate surface area is 233 Å². The van der Waals surface area contributed by atoms with Gasteiger partial charge >= 0.3 is 0 Å². The Morgan fingerprint density at radius 3 is 2.29 bits per heavy atom. The van der Waals surface area contributed by atoms with Gasteiger partial charge in [0, 0.05) is 11.6 Å². The van der Waals surface area contributed by atoms with Gasteiger partial charge in [0.25, 0.3) is 0 Å². The molecule has 208 valence electrons. The Bertz CT molecular complexity index is 1140. The number of hydrogen-bond donors (Lipinski definition) is 0. The van der Waals surface area contributed by atoms with E-state index < -0.39 is 0 Å². The molecule has 0 N–H and O–H groups in total. The van der Waals surface area contributed by atoms with E-state index in [2.05, 4.69) is 25.8 Å². The molecule has 0 fully saturated rings. The van der Waals surface area contributed by atoms with E-state index in [0.717, 1.165) is 66.5 Å². The first kappa shape index (κ1) is 33.4. The van der Waals surface area contributed by atoms with Crippen molar-refractivity contribution >= 4 is 23.4 Å². The monoisotopic (exact) mass is 545 g/mol. The van der Waals surface area contributed by atoms with Crippen LogP contribution in [0.4, 0.5) is 13.2 Å². The Morgan fingerprint density at radius 2 is 1.71 bits per heavy atom. The molecule has 1 unspecified atom stereocenters. The summed E-state index contributed by atoms with van der Waals surface area (Å²) >= 11 is 6.13. The van der Waals surface area contributed by atoms with Crippen LogP contribution in [0.3, 0.4) is 0 Å². The first-order chi connectivity index (χ1) is 18.1. The molecule has 0 aliphatic heterocycles.